The van der Waals surface area contributed by atoms with Gasteiger partial charge in [0.25, 0.3) is 0 Å². The van der Waals surface area contributed by atoms with Gasteiger partial charge >= 0.3 is 0 Å². The van der Waals surface area contributed by atoms with Crippen molar-refractivity contribution in [2.24, 2.45) is 5.92 Å². The Bertz CT molecular complexity index is 762. The molecule has 2 atom stereocenters. The van der Waals surface area contributed by atoms with Gasteiger partial charge in [0.15, 0.2) is 11.5 Å². The van der Waals surface area contributed by atoms with E-state index in [1.165, 1.54) is 11.1 Å². The molecule has 29 heavy (non-hydrogen) atoms. The first-order valence-corrected chi connectivity index (χ1v) is 10.8. The van der Waals surface area contributed by atoms with Crippen molar-refractivity contribution in [1.29, 1.82) is 0 Å². The van der Waals surface area contributed by atoms with Gasteiger partial charge in [-0.15, -0.1) is 0 Å². The van der Waals surface area contributed by atoms with Gasteiger partial charge in [-0.2, -0.15) is 0 Å². The molecule has 0 amide bonds. The van der Waals surface area contributed by atoms with Crippen LogP contribution >= 0.6 is 0 Å². The topological polar surface area (TPSA) is 44.3 Å². The molecular formula is C25H36NO3+. The number of rotatable bonds is 9. The van der Waals surface area contributed by atoms with Gasteiger partial charge in [-0.3, -0.25) is 0 Å². The number of quaternary nitrogens is 1. The number of nitrogens with two attached hydrogens (primary N) is 1. The number of hydrogen-bond acceptors (Lipinski definition) is 3. The molecule has 3 rings (SSSR count). The van der Waals surface area contributed by atoms with Gasteiger partial charge in [0.2, 0.25) is 0 Å². The maximum Gasteiger partial charge on any atom is 0.161 e. The summed E-state index contributed by atoms with van der Waals surface area (Å²) in [5, 5.41) is 2.41. The Labute approximate surface area is 175 Å². The van der Waals surface area contributed by atoms with Crippen LogP contribution in [0.4, 0.5) is 0 Å². The van der Waals surface area contributed by atoms with Gasteiger partial charge in [-0.1, -0.05) is 44.2 Å². The number of benzene rings is 2. The van der Waals surface area contributed by atoms with E-state index in [-0.39, 0.29) is 5.41 Å². The summed E-state index contributed by atoms with van der Waals surface area (Å²) < 4.78 is 16.9. The van der Waals surface area contributed by atoms with Gasteiger partial charge in [0, 0.05) is 24.0 Å². The molecule has 1 fully saturated rings. The predicted molar refractivity (Wildman–Crippen MR) is 117 cm³/mol. The third-order valence-electron chi connectivity index (χ3n) is 6.29. The fraction of sp³-hybridized carbons (Fsp3) is 0.520. The predicted octanol–water partition coefficient (Wildman–Crippen LogP) is 3.93. The number of hydrogen-bond donors (Lipinski definition) is 1. The van der Waals surface area contributed by atoms with Crippen LogP contribution in [0.25, 0.3) is 0 Å². The average molecular weight is 399 g/mol. The molecule has 0 aromatic heterocycles. The van der Waals surface area contributed by atoms with E-state index in [2.05, 4.69) is 61.6 Å². The summed E-state index contributed by atoms with van der Waals surface area (Å²) in [5.41, 5.74) is 2.93. The van der Waals surface area contributed by atoms with Crippen LogP contribution in [0.2, 0.25) is 0 Å². The van der Waals surface area contributed by atoms with Crippen molar-refractivity contribution in [3.63, 3.8) is 0 Å². The second-order valence-electron chi connectivity index (χ2n) is 8.47. The second kappa shape index (κ2) is 10.1. The first-order chi connectivity index (χ1) is 14.1. The Morgan fingerprint density at radius 3 is 2.52 bits per heavy atom. The zero-order chi connectivity index (χ0) is 20.7. The highest BCUT2D eigenvalue weighted by Crippen LogP contribution is 2.41. The Morgan fingerprint density at radius 1 is 1.07 bits per heavy atom. The van der Waals surface area contributed by atoms with Crippen LogP contribution in [-0.2, 0) is 16.7 Å². The van der Waals surface area contributed by atoms with Crippen molar-refractivity contribution >= 4 is 0 Å². The van der Waals surface area contributed by atoms with E-state index in [9.17, 15) is 0 Å². The van der Waals surface area contributed by atoms with E-state index in [1.807, 2.05) is 6.07 Å². The van der Waals surface area contributed by atoms with E-state index in [0.29, 0.717) is 12.0 Å². The van der Waals surface area contributed by atoms with E-state index in [0.717, 1.165) is 50.5 Å². The monoisotopic (exact) mass is 398 g/mol. The average Bonchev–Trinajstić information content (AvgIpc) is 2.77. The third-order valence-corrected chi connectivity index (χ3v) is 6.29. The molecule has 158 valence electrons. The number of methoxy groups -OCH3 is 2. The minimum atomic E-state index is 0.211. The standard InChI is InChI=1S/C25H35NO3/c1-19(2)24-17-25(13-15-29-24,21-8-6-5-7-9-21)12-14-26-18-20-10-11-22(27-3)23(16-20)28-4/h5-11,16,19,24,26H,12-15,17-18H2,1-4H3/p+1/t24-,25+/m0/s1. The highest BCUT2D eigenvalue weighted by molar-refractivity contribution is 5.42. The summed E-state index contributed by atoms with van der Waals surface area (Å²) in [6, 6.07) is 17.2. The van der Waals surface area contributed by atoms with Crippen molar-refractivity contribution in [1.82, 2.24) is 0 Å². The quantitative estimate of drug-likeness (QED) is 0.651. The molecule has 4 heteroatoms. The minimum absolute atomic E-state index is 0.211. The molecule has 0 saturated carbocycles. The van der Waals surface area contributed by atoms with E-state index < -0.39 is 0 Å². The lowest BCUT2D eigenvalue weighted by Gasteiger charge is -2.42. The van der Waals surface area contributed by atoms with E-state index >= 15 is 0 Å². The Kier molecular flexibility index (Phi) is 7.57. The highest BCUT2D eigenvalue weighted by atomic mass is 16.5. The molecular weight excluding hydrogens is 362 g/mol. The minimum Gasteiger partial charge on any atom is -0.493 e. The Morgan fingerprint density at radius 2 is 1.83 bits per heavy atom. The molecule has 0 unspecified atom stereocenters. The highest BCUT2D eigenvalue weighted by Gasteiger charge is 2.39. The Hall–Kier alpha value is -2.04. The van der Waals surface area contributed by atoms with Crippen molar-refractivity contribution in [2.75, 3.05) is 27.4 Å². The second-order valence-corrected chi connectivity index (χ2v) is 8.47. The van der Waals surface area contributed by atoms with Crippen LogP contribution in [0, 0.1) is 5.92 Å². The fourth-order valence-electron chi connectivity index (χ4n) is 4.46. The molecule has 4 nitrogen and oxygen atoms in total. The van der Waals surface area contributed by atoms with E-state index in [1.54, 1.807) is 14.2 Å². The molecule has 1 saturated heterocycles. The zero-order valence-electron chi connectivity index (χ0n) is 18.3. The summed E-state index contributed by atoms with van der Waals surface area (Å²) in [5.74, 6) is 2.12. The van der Waals surface area contributed by atoms with Crippen molar-refractivity contribution in [2.45, 2.75) is 51.2 Å². The van der Waals surface area contributed by atoms with Crippen molar-refractivity contribution < 1.29 is 19.5 Å². The summed E-state index contributed by atoms with van der Waals surface area (Å²) in [6.45, 7) is 7.43. The van der Waals surface area contributed by atoms with Gasteiger partial charge in [0.1, 0.15) is 6.54 Å². The summed E-state index contributed by atoms with van der Waals surface area (Å²) in [6.07, 6.45) is 3.72. The number of ether oxygens (including phenoxy) is 3. The summed E-state index contributed by atoms with van der Waals surface area (Å²) in [4.78, 5) is 0. The first kappa shape index (κ1) is 21.7. The smallest absolute Gasteiger partial charge is 0.161 e. The van der Waals surface area contributed by atoms with Gasteiger partial charge in [-0.05, 0) is 42.5 Å². The maximum atomic E-state index is 6.10. The molecule has 1 aliphatic rings. The largest absolute Gasteiger partial charge is 0.493 e. The lowest BCUT2D eigenvalue weighted by molar-refractivity contribution is -0.672. The Balaban J connectivity index is 1.65. The normalized spacial score (nSPS) is 21.9. The maximum absolute atomic E-state index is 6.10. The zero-order valence-corrected chi connectivity index (χ0v) is 18.3. The van der Waals surface area contributed by atoms with Crippen LogP contribution in [0.1, 0.15) is 44.2 Å². The molecule has 2 aromatic carbocycles. The first-order valence-electron chi connectivity index (χ1n) is 10.8. The van der Waals surface area contributed by atoms with Crippen LogP contribution in [0.15, 0.2) is 48.5 Å². The molecule has 0 radical (unpaired) electrons. The van der Waals surface area contributed by atoms with Crippen LogP contribution in [0.5, 0.6) is 11.5 Å². The van der Waals surface area contributed by atoms with Gasteiger partial charge < -0.3 is 19.5 Å². The van der Waals surface area contributed by atoms with Crippen LogP contribution in [-0.4, -0.2) is 33.5 Å². The molecule has 0 bridgehead atoms. The van der Waals surface area contributed by atoms with Gasteiger partial charge in [-0.25, -0.2) is 0 Å². The molecule has 2 N–H and O–H groups in total. The van der Waals surface area contributed by atoms with Gasteiger partial charge in [0.05, 0.1) is 26.9 Å². The van der Waals surface area contributed by atoms with Crippen LogP contribution < -0.4 is 14.8 Å². The lowest BCUT2D eigenvalue weighted by atomic mass is 9.68. The molecule has 2 aromatic rings. The third kappa shape index (κ3) is 5.31. The summed E-state index contributed by atoms with van der Waals surface area (Å²) >= 11 is 0. The SMILES string of the molecule is COc1ccc(C[NH2+]CC[C@@]2(c3ccccc3)CCO[C@H](C(C)C)C2)cc1OC. The molecule has 1 aliphatic heterocycles. The van der Waals surface area contributed by atoms with Crippen molar-refractivity contribution in [3.8, 4) is 11.5 Å². The van der Waals surface area contributed by atoms with Crippen LogP contribution in [0.3, 0.4) is 0 Å². The molecule has 1 heterocycles. The summed E-state index contributed by atoms with van der Waals surface area (Å²) in [7, 11) is 3.36. The molecule has 0 aliphatic carbocycles. The fourth-order valence-corrected chi connectivity index (χ4v) is 4.46. The van der Waals surface area contributed by atoms with E-state index in [4.69, 9.17) is 14.2 Å². The molecule has 0 spiro atoms. The lowest BCUT2D eigenvalue weighted by Crippen LogP contribution is -2.83. The van der Waals surface area contributed by atoms with Crippen molar-refractivity contribution in [3.05, 3.63) is 59.7 Å².